The Hall–Kier alpha value is -2.49. The fourth-order valence-corrected chi connectivity index (χ4v) is 2.18. The number of benzene rings is 1. The van der Waals surface area contributed by atoms with E-state index in [2.05, 4.69) is 13.8 Å². The van der Waals surface area contributed by atoms with Crippen molar-refractivity contribution in [1.82, 2.24) is 0 Å². The maximum atomic E-state index is 11.4. The van der Waals surface area contributed by atoms with Gasteiger partial charge in [-0.1, -0.05) is 12.5 Å². The Morgan fingerprint density at radius 2 is 2.05 bits per heavy atom. The minimum atomic E-state index is -0.388. The highest BCUT2D eigenvalue weighted by Crippen LogP contribution is 2.34. The van der Waals surface area contributed by atoms with Crippen molar-refractivity contribution in [3.8, 4) is 5.75 Å². The van der Waals surface area contributed by atoms with E-state index in [9.17, 15) is 4.79 Å². The summed E-state index contributed by atoms with van der Waals surface area (Å²) in [6, 6.07) is 6.69. The minimum absolute atomic E-state index is 0.388. The molecular weight excluding hydrogens is 268 g/mol. The molecule has 3 rings (SSSR count). The monoisotopic (exact) mass is 284 g/mol. The van der Waals surface area contributed by atoms with Crippen molar-refractivity contribution in [3.05, 3.63) is 52.6 Å². The van der Waals surface area contributed by atoms with Gasteiger partial charge in [-0.3, -0.25) is 0 Å². The molecule has 1 aromatic carbocycles. The van der Waals surface area contributed by atoms with Gasteiger partial charge in [-0.15, -0.1) is 0 Å². The van der Waals surface area contributed by atoms with Gasteiger partial charge in [0.2, 0.25) is 0 Å². The molecule has 3 aromatic rings. The molecule has 108 valence electrons. The van der Waals surface area contributed by atoms with Crippen molar-refractivity contribution in [1.29, 1.82) is 0 Å². The van der Waals surface area contributed by atoms with Crippen molar-refractivity contribution in [2.45, 2.75) is 20.3 Å². The van der Waals surface area contributed by atoms with E-state index < -0.39 is 0 Å². The van der Waals surface area contributed by atoms with Gasteiger partial charge in [0.1, 0.15) is 23.5 Å². The molecule has 0 N–H and O–H groups in total. The normalized spacial score (nSPS) is 12.2. The number of rotatable bonds is 4. The molecule has 0 aliphatic heterocycles. The van der Waals surface area contributed by atoms with Gasteiger partial charge in [0, 0.05) is 12.1 Å². The molecule has 2 aromatic heterocycles. The first kappa shape index (κ1) is 13.5. The lowest BCUT2D eigenvalue weighted by Crippen LogP contribution is -1.99. The second-order valence-electron chi connectivity index (χ2n) is 4.92. The van der Waals surface area contributed by atoms with E-state index in [1.807, 2.05) is 12.1 Å². The summed E-state index contributed by atoms with van der Waals surface area (Å²) in [5, 5.41) is 1.64. The third kappa shape index (κ3) is 2.57. The third-order valence-electron chi connectivity index (χ3n) is 3.53. The smallest absolute Gasteiger partial charge is 0.336 e. The molecule has 0 amide bonds. The van der Waals surface area contributed by atoms with Crippen molar-refractivity contribution >= 4 is 21.9 Å². The van der Waals surface area contributed by atoms with Crippen LogP contribution in [0.15, 0.2) is 55.8 Å². The Balaban J connectivity index is 2.12. The van der Waals surface area contributed by atoms with Crippen LogP contribution < -0.4 is 10.4 Å². The zero-order chi connectivity index (χ0) is 14.8. The van der Waals surface area contributed by atoms with Crippen LogP contribution in [0.1, 0.15) is 20.3 Å². The van der Waals surface area contributed by atoms with E-state index in [-0.39, 0.29) is 5.63 Å². The highest BCUT2D eigenvalue weighted by molar-refractivity contribution is 6.01. The molecule has 0 fully saturated rings. The molecule has 0 unspecified atom stereocenters. The zero-order valence-corrected chi connectivity index (χ0v) is 12.0. The number of hydrogen-bond donors (Lipinski definition) is 0. The summed E-state index contributed by atoms with van der Waals surface area (Å²) >= 11 is 0. The summed E-state index contributed by atoms with van der Waals surface area (Å²) in [7, 11) is 0. The van der Waals surface area contributed by atoms with E-state index >= 15 is 0 Å². The highest BCUT2D eigenvalue weighted by atomic mass is 16.5. The van der Waals surface area contributed by atoms with E-state index in [4.69, 9.17) is 13.6 Å². The molecule has 0 spiro atoms. The van der Waals surface area contributed by atoms with Gasteiger partial charge >= 0.3 is 5.63 Å². The second kappa shape index (κ2) is 5.48. The van der Waals surface area contributed by atoms with Crippen molar-refractivity contribution < 1.29 is 13.6 Å². The Morgan fingerprint density at radius 3 is 2.86 bits per heavy atom. The first-order chi connectivity index (χ1) is 10.2. The van der Waals surface area contributed by atoms with Crippen LogP contribution in [0.2, 0.25) is 0 Å². The summed E-state index contributed by atoms with van der Waals surface area (Å²) < 4.78 is 16.5. The molecule has 21 heavy (non-hydrogen) atoms. The van der Waals surface area contributed by atoms with Gasteiger partial charge in [-0.2, -0.15) is 0 Å². The molecule has 0 saturated heterocycles. The standard InChI is InChI=1S/C17H16O4/c1-3-11(2)6-8-20-17-12-4-5-16(18)21-15(12)10-14-13(17)7-9-19-14/h4-7,9-10H,3,8H2,1-2H3/b11-6+. The van der Waals surface area contributed by atoms with Crippen LogP contribution in [0.3, 0.4) is 0 Å². The van der Waals surface area contributed by atoms with Crippen molar-refractivity contribution in [2.75, 3.05) is 6.61 Å². The molecule has 0 radical (unpaired) electrons. The fourth-order valence-electron chi connectivity index (χ4n) is 2.18. The third-order valence-corrected chi connectivity index (χ3v) is 3.53. The average Bonchev–Trinajstić information content (AvgIpc) is 2.93. The molecule has 0 aliphatic carbocycles. The number of hydrogen-bond acceptors (Lipinski definition) is 4. The van der Waals surface area contributed by atoms with E-state index in [1.165, 1.54) is 11.6 Å². The minimum Gasteiger partial charge on any atom is -0.488 e. The Bertz CT molecular complexity index is 867. The molecule has 4 heteroatoms. The predicted molar refractivity (Wildman–Crippen MR) is 81.8 cm³/mol. The van der Waals surface area contributed by atoms with Gasteiger partial charge in [0.05, 0.1) is 17.0 Å². The van der Waals surface area contributed by atoms with Gasteiger partial charge in [-0.05, 0) is 31.6 Å². The number of furan rings is 1. The maximum absolute atomic E-state index is 11.4. The molecular formula is C17H16O4. The lowest BCUT2D eigenvalue weighted by atomic mass is 10.1. The van der Waals surface area contributed by atoms with Crippen molar-refractivity contribution in [2.24, 2.45) is 0 Å². The lowest BCUT2D eigenvalue weighted by Gasteiger charge is -2.08. The summed E-state index contributed by atoms with van der Waals surface area (Å²) in [6.07, 6.45) is 4.64. The first-order valence-corrected chi connectivity index (χ1v) is 6.91. The molecule has 0 bridgehead atoms. The molecule has 0 atom stereocenters. The van der Waals surface area contributed by atoms with Crippen LogP contribution in [-0.2, 0) is 0 Å². The summed E-state index contributed by atoms with van der Waals surface area (Å²) in [5.41, 5.74) is 1.99. The largest absolute Gasteiger partial charge is 0.488 e. The van der Waals surface area contributed by atoms with Crippen LogP contribution in [0, 0.1) is 0 Å². The zero-order valence-electron chi connectivity index (χ0n) is 12.0. The second-order valence-corrected chi connectivity index (χ2v) is 4.92. The fraction of sp³-hybridized carbons (Fsp3) is 0.235. The Labute approximate surface area is 121 Å². The van der Waals surface area contributed by atoms with Gasteiger partial charge in [0.25, 0.3) is 0 Å². The molecule has 2 heterocycles. The highest BCUT2D eigenvalue weighted by Gasteiger charge is 2.12. The Kier molecular flexibility index (Phi) is 3.52. The van der Waals surface area contributed by atoms with Crippen LogP contribution in [0.5, 0.6) is 5.75 Å². The molecule has 0 saturated carbocycles. The molecule has 0 aliphatic rings. The number of fused-ring (bicyclic) bond motifs is 2. The molecule has 4 nitrogen and oxygen atoms in total. The SMILES string of the molecule is CC/C(C)=C/COc1c2ccoc2cc2oc(=O)ccc12. The van der Waals surface area contributed by atoms with Gasteiger partial charge in [0.15, 0.2) is 0 Å². The Morgan fingerprint density at radius 1 is 1.24 bits per heavy atom. The predicted octanol–water partition coefficient (Wildman–Crippen LogP) is 4.27. The number of allylic oxidation sites excluding steroid dienone is 1. The van der Waals surface area contributed by atoms with E-state index in [1.54, 1.807) is 18.4 Å². The van der Waals surface area contributed by atoms with Crippen LogP contribution >= 0.6 is 0 Å². The summed E-state index contributed by atoms with van der Waals surface area (Å²) in [4.78, 5) is 11.4. The van der Waals surface area contributed by atoms with Crippen LogP contribution in [-0.4, -0.2) is 6.61 Å². The average molecular weight is 284 g/mol. The summed E-state index contributed by atoms with van der Waals surface area (Å²) in [6.45, 7) is 4.64. The topological polar surface area (TPSA) is 52.6 Å². The van der Waals surface area contributed by atoms with E-state index in [0.29, 0.717) is 23.5 Å². The number of ether oxygens (including phenoxy) is 1. The summed E-state index contributed by atoms with van der Waals surface area (Å²) in [5.74, 6) is 0.681. The van der Waals surface area contributed by atoms with Gasteiger partial charge < -0.3 is 13.6 Å². The van der Waals surface area contributed by atoms with Crippen molar-refractivity contribution in [3.63, 3.8) is 0 Å². The van der Waals surface area contributed by atoms with Gasteiger partial charge in [-0.25, -0.2) is 4.79 Å². The first-order valence-electron chi connectivity index (χ1n) is 6.91. The lowest BCUT2D eigenvalue weighted by molar-refractivity contribution is 0.369. The maximum Gasteiger partial charge on any atom is 0.336 e. The van der Waals surface area contributed by atoms with Crippen LogP contribution in [0.4, 0.5) is 0 Å². The van der Waals surface area contributed by atoms with E-state index in [0.717, 1.165) is 17.2 Å². The quantitative estimate of drug-likeness (QED) is 0.530. The van der Waals surface area contributed by atoms with Crippen LogP contribution in [0.25, 0.3) is 21.9 Å².